The van der Waals surface area contributed by atoms with Crippen molar-refractivity contribution >= 4 is 56.4 Å². The van der Waals surface area contributed by atoms with Crippen molar-refractivity contribution in [1.29, 1.82) is 0 Å². The van der Waals surface area contributed by atoms with E-state index in [4.69, 9.17) is 16.3 Å². The second kappa shape index (κ2) is 11.3. The van der Waals surface area contributed by atoms with Crippen molar-refractivity contribution in [3.8, 4) is 5.75 Å². The van der Waals surface area contributed by atoms with Crippen LogP contribution in [0.4, 0.5) is 5.69 Å². The summed E-state index contributed by atoms with van der Waals surface area (Å²) in [5, 5.41) is 5.30. The highest BCUT2D eigenvalue weighted by molar-refractivity contribution is 9.09. The zero-order valence-electron chi connectivity index (χ0n) is 16.9. The Hall–Kier alpha value is -2.35. The van der Waals surface area contributed by atoms with Crippen LogP contribution in [0.1, 0.15) is 16.5 Å². The number of nitrogens with one attached hydrogen (secondary N) is 1. The van der Waals surface area contributed by atoms with Crippen LogP contribution in [0.2, 0.25) is 5.02 Å². The molecule has 162 valence electrons. The lowest BCUT2D eigenvalue weighted by Gasteiger charge is -2.30. The van der Waals surface area contributed by atoms with Crippen LogP contribution in [0.3, 0.4) is 0 Å². The fourth-order valence-electron chi connectivity index (χ4n) is 3.20. The molecule has 0 fully saturated rings. The summed E-state index contributed by atoms with van der Waals surface area (Å²) in [6.07, 6.45) is 0.699. The summed E-state index contributed by atoms with van der Waals surface area (Å²) in [4.78, 5) is 28.5. The SMILES string of the molecule is COc1ccc(N(C(=O)CBr)C(C(=O)NCCc2ccccc2)c2cccs2)cc1Cl. The average Bonchev–Trinajstić information content (AvgIpc) is 3.31. The van der Waals surface area contributed by atoms with Gasteiger partial charge in [-0.1, -0.05) is 63.9 Å². The Morgan fingerprint density at radius 2 is 1.94 bits per heavy atom. The summed E-state index contributed by atoms with van der Waals surface area (Å²) in [6, 6.07) is 17.9. The van der Waals surface area contributed by atoms with E-state index in [1.165, 1.54) is 23.3 Å². The van der Waals surface area contributed by atoms with E-state index in [1.807, 2.05) is 47.8 Å². The number of carbonyl (C=O) groups excluding carboxylic acids is 2. The zero-order chi connectivity index (χ0) is 22.2. The van der Waals surface area contributed by atoms with Gasteiger partial charge in [-0.3, -0.25) is 14.5 Å². The van der Waals surface area contributed by atoms with Crippen molar-refractivity contribution < 1.29 is 14.3 Å². The molecule has 1 atom stereocenters. The molecule has 2 aromatic carbocycles. The van der Waals surface area contributed by atoms with Crippen LogP contribution in [-0.4, -0.2) is 30.8 Å². The number of benzene rings is 2. The molecule has 8 heteroatoms. The lowest BCUT2D eigenvalue weighted by Crippen LogP contribution is -2.44. The predicted molar refractivity (Wildman–Crippen MR) is 129 cm³/mol. The number of thiophene rings is 1. The molecule has 2 amide bonds. The Balaban J connectivity index is 1.89. The first kappa shape index (κ1) is 23.3. The van der Waals surface area contributed by atoms with Gasteiger partial charge in [0.15, 0.2) is 0 Å². The van der Waals surface area contributed by atoms with Gasteiger partial charge in [-0.2, -0.15) is 0 Å². The van der Waals surface area contributed by atoms with E-state index >= 15 is 0 Å². The maximum absolute atomic E-state index is 13.3. The molecule has 1 N–H and O–H groups in total. The third-order valence-electron chi connectivity index (χ3n) is 4.67. The summed E-state index contributed by atoms with van der Waals surface area (Å²) in [5.74, 6) is -0.00545. The van der Waals surface area contributed by atoms with E-state index in [0.29, 0.717) is 29.4 Å². The van der Waals surface area contributed by atoms with E-state index in [9.17, 15) is 9.59 Å². The van der Waals surface area contributed by atoms with Gasteiger partial charge in [0.05, 0.1) is 17.5 Å². The first-order chi connectivity index (χ1) is 15.0. The quantitative estimate of drug-likeness (QED) is 0.392. The van der Waals surface area contributed by atoms with Gasteiger partial charge in [0, 0.05) is 17.1 Å². The monoisotopic (exact) mass is 520 g/mol. The second-order valence-corrected chi connectivity index (χ2v) is 8.61. The molecule has 0 bridgehead atoms. The van der Waals surface area contributed by atoms with Crippen LogP contribution in [0.25, 0.3) is 0 Å². The largest absolute Gasteiger partial charge is 0.495 e. The van der Waals surface area contributed by atoms with Gasteiger partial charge in [-0.05, 0) is 41.6 Å². The molecule has 1 unspecified atom stereocenters. The third-order valence-corrected chi connectivity index (χ3v) is 6.37. The highest BCUT2D eigenvalue weighted by Crippen LogP contribution is 2.35. The Morgan fingerprint density at radius 1 is 1.16 bits per heavy atom. The molecule has 3 rings (SSSR count). The summed E-state index contributed by atoms with van der Waals surface area (Å²) < 4.78 is 5.22. The van der Waals surface area contributed by atoms with E-state index in [-0.39, 0.29) is 17.1 Å². The maximum Gasteiger partial charge on any atom is 0.248 e. The predicted octanol–water partition coefficient (Wildman–Crippen LogP) is 5.24. The lowest BCUT2D eigenvalue weighted by molar-refractivity contribution is -0.125. The number of hydrogen-bond acceptors (Lipinski definition) is 4. The molecule has 0 saturated heterocycles. The number of halogens is 2. The number of carbonyl (C=O) groups is 2. The Bertz CT molecular complexity index is 1010. The number of alkyl halides is 1. The fraction of sp³-hybridized carbons (Fsp3) is 0.217. The van der Waals surface area contributed by atoms with Crippen LogP contribution in [0.5, 0.6) is 5.75 Å². The molecule has 0 spiro atoms. The van der Waals surface area contributed by atoms with Crippen LogP contribution >= 0.6 is 38.9 Å². The summed E-state index contributed by atoms with van der Waals surface area (Å²) >= 11 is 11.0. The first-order valence-corrected chi connectivity index (χ1v) is 12.0. The number of ether oxygens (including phenoxy) is 1. The van der Waals surface area contributed by atoms with E-state index in [2.05, 4.69) is 21.2 Å². The van der Waals surface area contributed by atoms with Crippen LogP contribution in [0, 0.1) is 0 Å². The highest BCUT2D eigenvalue weighted by Gasteiger charge is 2.33. The first-order valence-electron chi connectivity index (χ1n) is 9.61. The minimum absolute atomic E-state index is 0.0653. The summed E-state index contributed by atoms with van der Waals surface area (Å²) in [7, 11) is 1.52. The Kier molecular flexibility index (Phi) is 8.51. The van der Waals surface area contributed by atoms with Crippen LogP contribution in [-0.2, 0) is 16.0 Å². The minimum atomic E-state index is -0.815. The van der Waals surface area contributed by atoms with Gasteiger partial charge in [0.25, 0.3) is 0 Å². The molecule has 0 aliphatic carbocycles. The van der Waals surface area contributed by atoms with Gasteiger partial charge < -0.3 is 10.1 Å². The Morgan fingerprint density at radius 3 is 2.55 bits per heavy atom. The Labute approximate surface area is 199 Å². The summed E-state index contributed by atoms with van der Waals surface area (Å²) in [6.45, 7) is 0.463. The molecule has 3 aromatic rings. The van der Waals surface area contributed by atoms with Crippen molar-refractivity contribution in [2.45, 2.75) is 12.5 Å². The molecule has 0 radical (unpaired) electrons. The van der Waals surface area contributed by atoms with Crippen molar-refractivity contribution in [2.24, 2.45) is 0 Å². The van der Waals surface area contributed by atoms with E-state index < -0.39 is 6.04 Å². The standard InChI is InChI=1S/C23H22BrClN2O3S/c1-30-19-10-9-17(14-18(19)25)27(21(28)15-24)22(20-8-5-13-31-20)23(29)26-12-11-16-6-3-2-4-7-16/h2-10,13-14,22H,11-12,15H2,1H3,(H,26,29). The molecule has 1 heterocycles. The van der Waals surface area contributed by atoms with Crippen molar-refractivity contribution in [3.05, 3.63) is 81.5 Å². The molecular weight excluding hydrogens is 500 g/mol. The number of hydrogen-bond donors (Lipinski definition) is 1. The topological polar surface area (TPSA) is 58.6 Å². The molecule has 0 saturated carbocycles. The van der Waals surface area contributed by atoms with Gasteiger partial charge in [-0.15, -0.1) is 11.3 Å². The van der Waals surface area contributed by atoms with Gasteiger partial charge >= 0.3 is 0 Å². The van der Waals surface area contributed by atoms with Crippen LogP contribution < -0.4 is 15.0 Å². The van der Waals surface area contributed by atoms with Crippen molar-refractivity contribution in [2.75, 3.05) is 23.9 Å². The average molecular weight is 522 g/mol. The maximum atomic E-state index is 13.3. The number of methoxy groups -OCH3 is 1. The van der Waals surface area contributed by atoms with Gasteiger partial charge in [-0.25, -0.2) is 0 Å². The number of amides is 2. The lowest BCUT2D eigenvalue weighted by atomic mass is 10.1. The molecule has 1 aromatic heterocycles. The van der Waals surface area contributed by atoms with E-state index in [0.717, 1.165) is 10.4 Å². The smallest absolute Gasteiger partial charge is 0.248 e. The number of nitrogens with zero attached hydrogens (tertiary/aromatic N) is 1. The zero-order valence-corrected chi connectivity index (χ0v) is 20.0. The number of anilines is 1. The molecule has 0 aliphatic heterocycles. The number of rotatable bonds is 9. The minimum Gasteiger partial charge on any atom is -0.495 e. The van der Waals surface area contributed by atoms with Crippen LogP contribution in [0.15, 0.2) is 66.0 Å². The van der Waals surface area contributed by atoms with Crippen molar-refractivity contribution in [1.82, 2.24) is 5.32 Å². The molecule has 0 aliphatic rings. The summed E-state index contributed by atoms with van der Waals surface area (Å²) in [5.41, 5.74) is 1.65. The molecule has 31 heavy (non-hydrogen) atoms. The molecular formula is C23H22BrClN2O3S. The van der Waals surface area contributed by atoms with E-state index in [1.54, 1.807) is 18.2 Å². The fourth-order valence-corrected chi connectivity index (χ4v) is 4.53. The van der Waals surface area contributed by atoms with Crippen molar-refractivity contribution in [3.63, 3.8) is 0 Å². The third kappa shape index (κ3) is 5.87. The normalized spacial score (nSPS) is 11.6. The molecule has 5 nitrogen and oxygen atoms in total. The second-order valence-electron chi connectivity index (χ2n) is 6.66. The van der Waals surface area contributed by atoms with Gasteiger partial charge in [0.1, 0.15) is 11.8 Å². The van der Waals surface area contributed by atoms with Gasteiger partial charge in [0.2, 0.25) is 11.8 Å². The highest BCUT2D eigenvalue weighted by atomic mass is 79.9.